The number of aromatic nitrogens is 1. The predicted molar refractivity (Wildman–Crippen MR) is 80.6 cm³/mol. The zero-order chi connectivity index (χ0) is 15.5. The summed E-state index contributed by atoms with van der Waals surface area (Å²) in [7, 11) is -2.42. The van der Waals surface area contributed by atoms with Gasteiger partial charge < -0.3 is 10.2 Å². The van der Waals surface area contributed by atoms with Crippen LogP contribution in [0.1, 0.15) is 5.56 Å². The van der Waals surface area contributed by atoms with Crippen LogP contribution in [-0.2, 0) is 10.0 Å². The third-order valence-corrected chi connectivity index (χ3v) is 4.10. The number of nitrogens with one attached hydrogen (secondary N) is 2. The minimum atomic E-state index is -3.89. The highest BCUT2D eigenvalue weighted by atomic mass is 32.2. The summed E-state index contributed by atoms with van der Waals surface area (Å²) in [4.78, 5) is 3.86. The molecule has 0 saturated heterocycles. The van der Waals surface area contributed by atoms with Crippen molar-refractivity contribution in [3.63, 3.8) is 0 Å². The number of methoxy groups -OCH3 is 1. The molecule has 2 rings (SSSR count). The number of hydrazine groups is 1. The fourth-order valence-electron chi connectivity index (χ4n) is 1.81. The quantitative estimate of drug-likeness (QED) is 0.570. The van der Waals surface area contributed by atoms with Crippen LogP contribution in [0, 0.1) is 6.92 Å². The summed E-state index contributed by atoms with van der Waals surface area (Å²) in [6.45, 7) is 1.85. The van der Waals surface area contributed by atoms with Gasteiger partial charge in [-0.2, -0.15) is 8.42 Å². The maximum atomic E-state index is 12.4. The highest BCUT2D eigenvalue weighted by Crippen LogP contribution is 2.28. The first kappa shape index (κ1) is 15.1. The molecular formula is C13H16N4O3S. The molecule has 0 fully saturated rings. The fraction of sp³-hybridized carbons (Fsp3) is 0.154. The van der Waals surface area contributed by atoms with Crippen molar-refractivity contribution in [2.45, 2.75) is 11.9 Å². The second-order valence-electron chi connectivity index (χ2n) is 4.31. The van der Waals surface area contributed by atoms with Crippen LogP contribution in [0.3, 0.4) is 0 Å². The molecule has 1 aromatic carbocycles. The summed E-state index contributed by atoms with van der Waals surface area (Å²) < 4.78 is 32.5. The lowest BCUT2D eigenvalue weighted by Gasteiger charge is -2.13. The molecule has 1 aromatic heterocycles. The lowest BCUT2D eigenvalue weighted by molar-refractivity contribution is 0.417. The maximum absolute atomic E-state index is 12.4. The summed E-state index contributed by atoms with van der Waals surface area (Å²) >= 11 is 0. The normalized spacial score (nSPS) is 11.0. The van der Waals surface area contributed by atoms with E-state index in [9.17, 15) is 8.42 Å². The van der Waals surface area contributed by atoms with E-state index in [4.69, 9.17) is 10.6 Å². The van der Waals surface area contributed by atoms with E-state index in [-0.39, 0.29) is 10.7 Å². The molecule has 2 aromatic rings. The van der Waals surface area contributed by atoms with Crippen LogP contribution in [0.2, 0.25) is 0 Å². The van der Waals surface area contributed by atoms with E-state index in [0.29, 0.717) is 11.4 Å². The Morgan fingerprint density at radius 1 is 1.24 bits per heavy atom. The highest BCUT2D eigenvalue weighted by molar-refractivity contribution is 7.92. The van der Waals surface area contributed by atoms with Crippen LogP contribution < -0.4 is 20.7 Å². The molecule has 0 amide bonds. The number of rotatable bonds is 5. The molecule has 0 spiro atoms. The third-order valence-electron chi connectivity index (χ3n) is 2.78. The number of pyridine rings is 1. The minimum Gasteiger partial charge on any atom is -0.495 e. The van der Waals surface area contributed by atoms with Gasteiger partial charge in [0.1, 0.15) is 5.75 Å². The van der Waals surface area contributed by atoms with E-state index in [0.717, 1.165) is 5.56 Å². The first-order valence-electron chi connectivity index (χ1n) is 6.07. The number of anilines is 2. The molecule has 21 heavy (non-hydrogen) atoms. The number of nitrogens with zero attached hydrogens (tertiary/aromatic N) is 1. The Morgan fingerprint density at radius 3 is 2.67 bits per heavy atom. The van der Waals surface area contributed by atoms with E-state index >= 15 is 0 Å². The Kier molecular flexibility index (Phi) is 4.29. The van der Waals surface area contributed by atoms with Crippen molar-refractivity contribution in [3.05, 3.63) is 42.1 Å². The molecule has 4 N–H and O–H groups in total. The zero-order valence-corrected chi connectivity index (χ0v) is 12.4. The molecule has 7 nitrogen and oxygen atoms in total. The van der Waals surface area contributed by atoms with Gasteiger partial charge in [-0.3, -0.25) is 10.6 Å². The zero-order valence-electron chi connectivity index (χ0n) is 11.6. The van der Waals surface area contributed by atoms with E-state index in [2.05, 4.69) is 15.1 Å². The third kappa shape index (κ3) is 3.23. The molecule has 8 heteroatoms. The molecule has 1 heterocycles. The Labute approximate surface area is 123 Å². The van der Waals surface area contributed by atoms with Crippen molar-refractivity contribution >= 4 is 21.4 Å². The standard InChI is InChI=1S/C13H16N4O3S/c1-9-5-6-12(20-2)11(8-9)17-21(18,19)13-10(16-14)4-3-7-15-13/h3-8,16-17H,14H2,1-2H3. The van der Waals surface area contributed by atoms with Crippen molar-refractivity contribution in [2.24, 2.45) is 5.84 Å². The lowest BCUT2D eigenvalue weighted by atomic mass is 10.2. The first-order chi connectivity index (χ1) is 9.97. The predicted octanol–water partition coefficient (Wildman–Crippen LogP) is 1.49. The molecular weight excluding hydrogens is 292 g/mol. The maximum Gasteiger partial charge on any atom is 0.281 e. The lowest BCUT2D eigenvalue weighted by Crippen LogP contribution is -2.19. The van der Waals surface area contributed by atoms with Gasteiger partial charge in [0, 0.05) is 6.20 Å². The number of hydrogen-bond acceptors (Lipinski definition) is 6. The highest BCUT2D eigenvalue weighted by Gasteiger charge is 2.21. The molecule has 0 aliphatic rings. The molecule has 0 aliphatic carbocycles. The number of hydrogen-bond donors (Lipinski definition) is 3. The second-order valence-corrected chi connectivity index (χ2v) is 5.91. The molecule has 0 unspecified atom stereocenters. The largest absolute Gasteiger partial charge is 0.495 e. The number of nitrogens with two attached hydrogens (primary N) is 1. The van der Waals surface area contributed by atoms with Crippen LogP contribution >= 0.6 is 0 Å². The van der Waals surface area contributed by atoms with E-state index in [1.165, 1.54) is 19.4 Å². The number of ether oxygens (including phenoxy) is 1. The van der Waals surface area contributed by atoms with Crippen LogP contribution in [0.15, 0.2) is 41.6 Å². The molecule has 0 aliphatic heterocycles. The summed E-state index contributed by atoms with van der Waals surface area (Å²) in [6, 6.07) is 8.29. The van der Waals surface area contributed by atoms with Crippen LogP contribution in [0.25, 0.3) is 0 Å². The Bertz CT molecular complexity index is 747. The number of benzene rings is 1. The molecule has 0 atom stereocenters. The second kappa shape index (κ2) is 5.98. The average Bonchev–Trinajstić information content (AvgIpc) is 2.47. The average molecular weight is 308 g/mol. The summed E-state index contributed by atoms with van der Waals surface area (Å²) in [5.41, 5.74) is 3.75. The van der Waals surface area contributed by atoms with Gasteiger partial charge in [-0.25, -0.2) is 4.98 Å². The van der Waals surface area contributed by atoms with Gasteiger partial charge in [-0.1, -0.05) is 6.07 Å². The fourth-order valence-corrected chi connectivity index (χ4v) is 2.97. The van der Waals surface area contributed by atoms with E-state index in [1.54, 1.807) is 18.2 Å². The van der Waals surface area contributed by atoms with Gasteiger partial charge in [-0.05, 0) is 36.8 Å². The summed E-state index contributed by atoms with van der Waals surface area (Å²) in [5.74, 6) is 5.73. The number of aryl methyl sites for hydroxylation is 1. The molecule has 0 saturated carbocycles. The Hall–Kier alpha value is -2.32. The van der Waals surface area contributed by atoms with Crippen molar-refractivity contribution in [3.8, 4) is 5.75 Å². The van der Waals surface area contributed by atoms with Crippen LogP contribution in [0.4, 0.5) is 11.4 Å². The number of nitrogen functional groups attached to an aromatic ring is 1. The topological polar surface area (TPSA) is 106 Å². The van der Waals surface area contributed by atoms with Gasteiger partial charge in [0.05, 0.1) is 18.5 Å². The van der Waals surface area contributed by atoms with E-state index < -0.39 is 10.0 Å². The number of sulfonamides is 1. The molecule has 0 bridgehead atoms. The van der Waals surface area contributed by atoms with Gasteiger partial charge >= 0.3 is 0 Å². The Balaban J connectivity index is 2.45. The summed E-state index contributed by atoms with van der Waals surface area (Å²) in [6.07, 6.45) is 1.38. The first-order valence-corrected chi connectivity index (χ1v) is 7.55. The van der Waals surface area contributed by atoms with Gasteiger partial charge in [0.25, 0.3) is 10.0 Å². The van der Waals surface area contributed by atoms with Gasteiger partial charge in [0.2, 0.25) is 5.03 Å². The van der Waals surface area contributed by atoms with Crippen LogP contribution in [0.5, 0.6) is 5.75 Å². The van der Waals surface area contributed by atoms with Crippen molar-refractivity contribution in [2.75, 3.05) is 17.3 Å². The van der Waals surface area contributed by atoms with Crippen molar-refractivity contribution in [1.29, 1.82) is 0 Å². The molecule has 0 radical (unpaired) electrons. The van der Waals surface area contributed by atoms with Crippen molar-refractivity contribution < 1.29 is 13.2 Å². The van der Waals surface area contributed by atoms with Gasteiger partial charge in [-0.15, -0.1) is 0 Å². The smallest absolute Gasteiger partial charge is 0.281 e. The Morgan fingerprint density at radius 2 is 2.00 bits per heavy atom. The minimum absolute atomic E-state index is 0.184. The van der Waals surface area contributed by atoms with Crippen LogP contribution in [-0.4, -0.2) is 20.5 Å². The van der Waals surface area contributed by atoms with Gasteiger partial charge in [0.15, 0.2) is 0 Å². The summed E-state index contributed by atoms with van der Waals surface area (Å²) in [5, 5.41) is -0.184. The monoisotopic (exact) mass is 308 g/mol. The van der Waals surface area contributed by atoms with Crippen molar-refractivity contribution in [1.82, 2.24) is 4.98 Å². The molecule has 112 valence electrons. The SMILES string of the molecule is COc1ccc(C)cc1NS(=O)(=O)c1ncccc1NN. The van der Waals surface area contributed by atoms with E-state index in [1.807, 2.05) is 13.0 Å².